The number of halogens is 2. The fourth-order valence-electron chi connectivity index (χ4n) is 3.64. The molecule has 2 amide bonds. The maximum atomic E-state index is 13.0. The number of carbonyl (C=O) groups excluding carboxylic acids is 2. The molecule has 2 aromatic carbocycles. The molecule has 7 nitrogen and oxygen atoms in total. The van der Waals surface area contributed by atoms with Crippen LogP contribution < -0.4 is 10.6 Å². The minimum atomic E-state index is -0.385. The van der Waals surface area contributed by atoms with Crippen molar-refractivity contribution in [2.45, 2.75) is 51.2 Å². The lowest BCUT2D eigenvalue weighted by molar-refractivity contribution is -0.113. The quantitative estimate of drug-likeness (QED) is 0.283. The number of thioether (sulfide) groups is 1. The average Bonchev–Trinajstić information content (AvgIpc) is 3.17. The molecule has 2 N–H and O–H groups in total. The topological polar surface area (TPSA) is 88.9 Å². The molecular formula is C26H31Cl2N5O2S. The van der Waals surface area contributed by atoms with Crippen molar-refractivity contribution in [2.24, 2.45) is 13.0 Å². The highest BCUT2D eigenvalue weighted by Crippen LogP contribution is 2.26. The van der Waals surface area contributed by atoms with Gasteiger partial charge in [-0.2, -0.15) is 0 Å². The third kappa shape index (κ3) is 7.48. The molecule has 1 atom stereocenters. The summed E-state index contributed by atoms with van der Waals surface area (Å²) in [6.45, 7) is 8.39. The number of benzene rings is 2. The van der Waals surface area contributed by atoms with Crippen LogP contribution in [0.2, 0.25) is 10.0 Å². The fourth-order valence-corrected chi connectivity index (χ4v) is 4.86. The van der Waals surface area contributed by atoms with Crippen LogP contribution in [0.25, 0.3) is 0 Å². The van der Waals surface area contributed by atoms with Crippen molar-refractivity contribution in [2.75, 3.05) is 11.1 Å². The zero-order valence-corrected chi connectivity index (χ0v) is 23.3. The van der Waals surface area contributed by atoms with E-state index in [4.69, 9.17) is 23.2 Å². The van der Waals surface area contributed by atoms with E-state index in [0.29, 0.717) is 33.9 Å². The molecule has 0 fully saturated rings. The zero-order chi connectivity index (χ0) is 26.4. The monoisotopic (exact) mass is 547 g/mol. The van der Waals surface area contributed by atoms with E-state index >= 15 is 0 Å². The van der Waals surface area contributed by atoms with Crippen LogP contribution in [0.5, 0.6) is 0 Å². The van der Waals surface area contributed by atoms with Gasteiger partial charge < -0.3 is 15.2 Å². The Morgan fingerprint density at radius 1 is 1.03 bits per heavy atom. The lowest BCUT2D eigenvalue weighted by atomic mass is 10.0. The summed E-state index contributed by atoms with van der Waals surface area (Å²) in [4.78, 5) is 25.4. The van der Waals surface area contributed by atoms with E-state index in [1.54, 1.807) is 12.1 Å². The van der Waals surface area contributed by atoms with Gasteiger partial charge in [-0.25, -0.2) is 0 Å². The van der Waals surface area contributed by atoms with Crippen LogP contribution in [0.1, 0.15) is 67.8 Å². The molecule has 0 bridgehead atoms. The largest absolute Gasteiger partial charge is 0.342 e. The molecule has 36 heavy (non-hydrogen) atoms. The normalized spacial score (nSPS) is 12.1. The molecule has 192 valence electrons. The van der Waals surface area contributed by atoms with Gasteiger partial charge in [0.1, 0.15) is 0 Å². The first-order valence-corrected chi connectivity index (χ1v) is 13.5. The Balaban J connectivity index is 1.67. The van der Waals surface area contributed by atoms with Crippen LogP contribution in [-0.2, 0) is 11.8 Å². The van der Waals surface area contributed by atoms with Crippen molar-refractivity contribution in [1.82, 2.24) is 20.1 Å². The maximum Gasteiger partial charge on any atom is 0.253 e. The summed E-state index contributed by atoms with van der Waals surface area (Å²) in [5, 5.41) is 15.9. The molecule has 0 aliphatic carbocycles. The SMILES string of the molecule is CC(C)C[C@@H](NC(=O)c1ccc(Cl)cc1Cl)c1nnc(SCC(=O)Nc2ccc(C(C)C)cc2)n1C. The molecular weight excluding hydrogens is 517 g/mol. The van der Waals surface area contributed by atoms with Gasteiger partial charge >= 0.3 is 0 Å². The number of hydrogen-bond donors (Lipinski definition) is 2. The lowest BCUT2D eigenvalue weighted by Crippen LogP contribution is -2.31. The Bertz CT molecular complexity index is 1210. The molecule has 0 saturated carbocycles. The number of hydrogen-bond acceptors (Lipinski definition) is 5. The molecule has 3 rings (SSSR count). The standard InChI is InChI=1S/C26H31Cl2N5O2S/c1-15(2)12-22(30-25(35)20-11-8-18(27)13-21(20)28)24-31-32-26(33(24)5)36-14-23(34)29-19-9-6-17(7-10-19)16(3)4/h6-11,13,15-16,22H,12,14H2,1-5H3,(H,29,34)(H,30,35)/t22-/m1/s1. The highest BCUT2D eigenvalue weighted by molar-refractivity contribution is 7.99. The van der Waals surface area contributed by atoms with E-state index < -0.39 is 0 Å². The second-order valence-corrected chi connectivity index (χ2v) is 11.1. The van der Waals surface area contributed by atoms with Gasteiger partial charge in [-0.3, -0.25) is 9.59 Å². The van der Waals surface area contributed by atoms with Crippen LogP contribution in [0.15, 0.2) is 47.6 Å². The summed E-state index contributed by atoms with van der Waals surface area (Å²) in [6.07, 6.45) is 0.653. The Morgan fingerprint density at radius 3 is 2.33 bits per heavy atom. The summed E-state index contributed by atoms with van der Waals surface area (Å²) < 4.78 is 1.81. The lowest BCUT2D eigenvalue weighted by Gasteiger charge is -2.20. The van der Waals surface area contributed by atoms with E-state index in [0.717, 1.165) is 5.69 Å². The van der Waals surface area contributed by atoms with Gasteiger partial charge in [-0.1, -0.05) is 74.8 Å². The first-order chi connectivity index (χ1) is 17.0. The highest BCUT2D eigenvalue weighted by Gasteiger charge is 2.24. The minimum absolute atomic E-state index is 0.133. The van der Waals surface area contributed by atoms with Crippen molar-refractivity contribution < 1.29 is 9.59 Å². The Kier molecular flexibility index (Phi) is 9.82. The van der Waals surface area contributed by atoms with Crippen molar-refractivity contribution in [3.05, 3.63) is 69.5 Å². The molecule has 0 unspecified atom stereocenters. The Morgan fingerprint density at radius 2 is 1.72 bits per heavy atom. The average molecular weight is 549 g/mol. The van der Waals surface area contributed by atoms with E-state index in [9.17, 15) is 9.59 Å². The van der Waals surface area contributed by atoms with Gasteiger partial charge in [0.25, 0.3) is 5.91 Å². The summed E-state index contributed by atoms with van der Waals surface area (Å²) in [5.41, 5.74) is 2.31. The van der Waals surface area contributed by atoms with Gasteiger partial charge in [0.05, 0.1) is 22.4 Å². The number of anilines is 1. The third-order valence-corrected chi connectivity index (χ3v) is 7.13. The van der Waals surface area contributed by atoms with Crippen LogP contribution >= 0.6 is 35.0 Å². The van der Waals surface area contributed by atoms with Gasteiger partial charge in [0.15, 0.2) is 11.0 Å². The number of aromatic nitrogens is 3. The van der Waals surface area contributed by atoms with Gasteiger partial charge in [-0.05, 0) is 54.2 Å². The minimum Gasteiger partial charge on any atom is -0.342 e. The molecule has 10 heteroatoms. The second-order valence-electron chi connectivity index (χ2n) is 9.29. The highest BCUT2D eigenvalue weighted by atomic mass is 35.5. The Hall–Kier alpha value is -2.55. The molecule has 1 heterocycles. The molecule has 1 aromatic heterocycles. The fraction of sp³-hybridized carbons (Fsp3) is 0.385. The first-order valence-electron chi connectivity index (χ1n) is 11.7. The summed E-state index contributed by atoms with van der Waals surface area (Å²) >= 11 is 13.5. The number of carbonyl (C=O) groups is 2. The summed E-state index contributed by atoms with van der Waals surface area (Å²) in [7, 11) is 1.83. The van der Waals surface area contributed by atoms with Crippen LogP contribution in [-0.4, -0.2) is 32.3 Å². The Labute approximate surface area is 226 Å². The van der Waals surface area contributed by atoms with Crippen molar-refractivity contribution in [1.29, 1.82) is 0 Å². The number of rotatable bonds is 10. The van der Waals surface area contributed by atoms with E-state index in [1.807, 2.05) is 35.9 Å². The van der Waals surface area contributed by atoms with E-state index in [2.05, 4.69) is 48.5 Å². The van der Waals surface area contributed by atoms with Gasteiger partial charge in [-0.15, -0.1) is 10.2 Å². The van der Waals surface area contributed by atoms with E-state index in [-0.39, 0.29) is 34.5 Å². The van der Waals surface area contributed by atoms with Crippen LogP contribution in [0, 0.1) is 5.92 Å². The van der Waals surface area contributed by atoms with Crippen molar-refractivity contribution >= 4 is 52.5 Å². The third-order valence-electron chi connectivity index (χ3n) is 5.56. The molecule has 0 saturated heterocycles. The summed E-state index contributed by atoms with van der Waals surface area (Å²) in [5.74, 6) is 1.06. The molecule has 0 spiro atoms. The van der Waals surface area contributed by atoms with Gasteiger partial charge in [0, 0.05) is 17.8 Å². The van der Waals surface area contributed by atoms with Gasteiger partial charge in [0.2, 0.25) is 5.91 Å². The predicted octanol–water partition coefficient (Wildman–Crippen LogP) is 6.49. The number of amides is 2. The van der Waals surface area contributed by atoms with Crippen LogP contribution in [0.4, 0.5) is 5.69 Å². The maximum absolute atomic E-state index is 13.0. The zero-order valence-electron chi connectivity index (χ0n) is 21.0. The summed E-state index contributed by atoms with van der Waals surface area (Å²) in [6, 6.07) is 12.2. The van der Waals surface area contributed by atoms with Crippen LogP contribution in [0.3, 0.4) is 0 Å². The molecule has 0 aliphatic rings. The molecule has 0 aliphatic heterocycles. The number of nitrogens with one attached hydrogen (secondary N) is 2. The smallest absolute Gasteiger partial charge is 0.253 e. The second kappa shape index (κ2) is 12.6. The van der Waals surface area contributed by atoms with E-state index in [1.165, 1.54) is 23.4 Å². The van der Waals surface area contributed by atoms with Crippen molar-refractivity contribution in [3.8, 4) is 0 Å². The first kappa shape index (κ1) is 28.0. The van der Waals surface area contributed by atoms with Crippen molar-refractivity contribution in [3.63, 3.8) is 0 Å². The molecule has 0 radical (unpaired) electrons. The predicted molar refractivity (Wildman–Crippen MR) is 147 cm³/mol. The number of nitrogens with zero attached hydrogens (tertiary/aromatic N) is 3. The molecule has 3 aromatic rings.